The molecule has 0 aromatic heterocycles. The van der Waals surface area contributed by atoms with Gasteiger partial charge in [-0.3, -0.25) is 9.80 Å². The minimum atomic E-state index is -0.332. The summed E-state index contributed by atoms with van der Waals surface area (Å²) in [7, 11) is 0. The van der Waals surface area contributed by atoms with Crippen molar-refractivity contribution in [1.29, 1.82) is 0 Å². The molecule has 0 aromatic carbocycles. The third-order valence-electron chi connectivity index (χ3n) is 1.94. The SMILES string of the molecule is CC(O)CCN1NCCCC1=O. The number of carbonyl (C=O) groups excluding carboxylic acids is 1. The van der Waals surface area contributed by atoms with E-state index >= 15 is 0 Å². The van der Waals surface area contributed by atoms with Crippen molar-refractivity contribution in [2.24, 2.45) is 0 Å². The van der Waals surface area contributed by atoms with Gasteiger partial charge in [0, 0.05) is 19.5 Å². The number of nitrogens with zero attached hydrogens (tertiary/aromatic N) is 1. The van der Waals surface area contributed by atoms with E-state index in [1.54, 1.807) is 11.9 Å². The first-order valence-electron chi connectivity index (χ1n) is 4.42. The number of rotatable bonds is 3. The highest BCUT2D eigenvalue weighted by Gasteiger charge is 2.17. The Morgan fingerprint density at radius 1 is 1.75 bits per heavy atom. The maximum absolute atomic E-state index is 11.2. The minimum Gasteiger partial charge on any atom is -0.393 e. The maximum Gasteiger partial charge on any atom is 0.236 e. The number of amides is 1. The number of hydrazine groups is 1. The fourth-order valence-electron chi connectivity index (χ4n) is 1.20. The van der Waals surface area contributed by atoms with Crippen molar-refractivity contribution in [2.45, 2.75) is 32.3 Å². The summed E-state index contributed by atoms with van der Waals surface area (Å²) in [6.07, 6.45) is 1.86. The Bertz CT molecular complexity index is 159. The molecule has 1 amide bonds. The summed E-state index contributed by atoms with van der Waals surface area (Å²) in [6.45, 7) is 3.20. The molecule has 12 heavy (non-hydrogen) atoms. The van der Waals surface area contributed by atoms with Crippen molar-refractivity contribution in [1.82, 2.24) is 10.4 Å². The highest BCUT2D eigenvalue weighted by Crippen LogP contribution is 2.03. The summed E-state index contributed by atoms with van der Waals surface area (Å²) in [5, 5.41) is 10.6. The predicted molar refractivity (Wildman–Crippen MR) is 45.2 cm³/mol. The van der Waals surface area contributed by atoms with Gasteiger partial charge in [-0.2, -0.15) is 0 Å². The van der Waals surface area contributed by atoms with Crippen molar-refractivity contribution < 1.29 is 9.90 Å². The number of aliphatic hydroxyl groups excluding tert-OH is 1. The van der Waals surface area contributed by atoms with Crippen molar-refractivity contribution in [2.75, 3.05) is 13.1 Å². The molecule has 0 bridgehead atoms. The van der Waals surface area contributed by atoms with E-state index in [4.69, 9.17) is 5.11 Å². The van der Waals surface area contributed by atoms with Crippen LogP contribution in [0.4, 0.5) is 0 Å². The summed E-state index contributed by atoms with van der Waals surface area (Å²) in [6, 6.07) is 0. The summed E-state index contributed by atoms with van der Waals surface area (Å²) in [4.78, 5) is 11.2. The van der Waals surface area contributed by atoms with Crippen molar-refractivity contribution in [3.8, 4) is 0 Å². The summed E-state index contributed by atoms with van der Waals surface area (Å²) < 4.78 is 0. The number of carbonyl (C=O) groups is 1. The van der Waals surface area contributed by atoms with Gasteiger partial charge in [-0.1, -0.05) is 0 Å². The molecular formula is C8H16N2O2. The van der Waals surface area contributed by atoms with Crippen molar-refractivity contribution in [3.63, 3.8) is 0 Å². The smallest absolute Gasteiger partial charge is 0.236 e. The van der Waals surface area contributed by atoms with Crippen LogP contribution in [0.5, 0.6) is 0 Å². The summed E-state index contributed by atoms with van der Waals surface area (Å²) in [5.41, 5.74) is 3.00. The lowest BCUT2D eigenvalue weighted by atomic mass is 10.2. The van der Waals surface area contributed by atoms with Crippen LogP contribution in [0, 0.1) is 0 Å². The average molecular weight is 172 g/mol. The first kappa shape index (κ1) is 9.48. The van der Waals surface area contributed by atoms with Gasteiger partial charge in [0.2, 0.25) is 5.91 Å². The largest absolute Gasteiger partial charge is 0.393 e. The van der Waals surface area contributed by atoms with E-state index in [-0.39, 0.29) is 12.0 Å². The second kappa shape index (κ2) is 4.42. The van der Waals surface area contributed by atoms with Crippen LogP contribution in [-0.4, -0.2) is 35.2 Å². The number of hydrogen-bond acceptors (Lipinski definition) is 3. The van der Waals surface area contributed by atoms with Gasteiger partial charge in [0.1, 0.15) is 0 Å². The fourth-order valence-corrected chi connectivity index (χ4v) is 1.20. The monoisotopic (exact) mass is 172 g/mol. The first-order valence-corrected chi connectivity index (χ1v) is 4.42. The normalized spacial score (nSPS) is 21.2. The van der Waals surface area contributed by atoms with Crippen LogP contribution in [0.3, 0.4) is 0 Å². The van der Waals surface area contributed by atoms with Crippen LogP contribution < -0.4 is 5.43 Å². The van der Waals surface area contributed by atoms with E-state index in [0.717, 1.165) is 13.0 Å². The third-order valence-corrected chi connectivity index (χ3v) is 1.94. The van der Waals surface area contributed by atoms with Gasteiger partial charge in [-0.25, -0.2) is 5.43 Å². The van der Waals surface area contributed by atoms with Crippen LogP contribution in [0.2, 0.25) is 0 Å². The van der Waals surface area contributed by atoms with Gasteiger partial charge in [-0.15, -0.1) is 0 Å². The van der Waals surface area contributed by atoms with Gasteiger partial charge in [-0.05, 0) is 19.8 Å². The molecule has 70 valence electrons. The summed E-state index contributed by atoms with van der Waals surface area (Å²) in [5.74, 6) is 0.141. The zero-order valence-corrected chi connectivity index (χ0v) is 7.42. The quantitative estimate of drug-likeness (QED) is 0.624. The van der Waals surface area contributed by atoms with E-state index in [2.05, 4.69) is 5.43 Å². The van der Waals surface area contributed by atoms with Crippen molar-refractivity contribution >= 4 is 5.91 Å². The average Bonchev–Trinajstić information content (AvgIpc) is 2.03. The van der Waals surface area contributed by atoms with Crippen LogP contribution in [0.1, 0.15) is 26.2 Å². The van der Waals surface area contributed by atoms with E-state index in [0.29, 0.717) is 19.4 Å². The molecule has 1 aliphatic rings. The second-order valence-corrected chi connectivity index (χ2v) is 3.19. The highest BCUT2D eigenvalue weighted by molar-refractivity contribution is 5.76. The van der Waals surface area contributed by atoms with Gasteiger partial charge in [0.15, 0.2) is 0 Å². The molecule has 0 aliphatic carbocycles. The Kier molecular flexibility index (Phi) is 3.49. The fraction of sp³-hybridized carbons (Fsp3) is 0.875. The van der Waals surface area contributed by atoms with Gasteiger partial charge < -0.3 is 5.11 Å². The molecule has 1 fully saturated rings. The molecule has 1 aliphatic heterocycles. The number of nitrogens with one attached hydrogen (secondary N) is 1. The number of aliphatic hydroxyl groups is 1. The molecule has 1 atom stereocenters. The molecule has 1 heterocycles. The zero-order chi connectivity index (χ0) is 8.97. The molecule has 0 spiro atoms. The lowest BCUT2D eigenvalue weighted by molar-refractivity contribution is -0.137. The Balaban J connectivity index is 2.25. The Morgan fingerprint density at radius 2 is 2.50 bits per heavy atom. The Morgan fingerprint density at radius 3 is 3.08 bits per heavy atom. The van der Waals surface area contributed by atoms with E-state index in [1.165, 1.54) is 0 Å². The number of hydrogen-bond donors (Lipinski definition) is 2. The molecule has 0 radical (unpaired) electrons. The van der Waals surface area contributed by atoms with Crippen LogP contribution in [0.15, 0.2) is 0 Å². The molecule has 2 N–H and O–H groups in total. The third kappa shape index (κ3) is 2.79. The molecule has 1 saturated heterocycles. The predicted octanol–water partition coefficient (Wildman–Crippen LogP) is -0.116. The molecule has 0 aromatic rings. The lowest BCUT2D eigenvalue weighted by Gasteiger charge is -2.27. The van der Waals surface area contributed by atoms with E-state index in [1.807, 2.05) is 0 Å². The Hall–Kier alpha value is -0.610. The summed E-state index contributed by atoms with van der Waals surface area (Å²) >= 11 is 0. The highest BCUT2D eigenvalue weighted by atomic mass is 16.3. The van der Waals surface area contributed by atoms with E-state index < -0.39 is 0 Å². The van der Waals surface area contributed by atoms with Crippen molar-refractivity contribution in [3.05, 3.63) is 0 Å². The van der Waals surface area contributed by atoms with Gasteiger partial charge in [0.25, 0.3) is 0 Å². The lowest BCUT2D eigenvalue weighted by Crippen LogP contribution is -2.47. The van der Waals surface area contributed by atoms with Gasteiger partial charge in [0.05, 0.1) is 6.10 Å². The topological polar surface area (TPSA) is 52.6 Å². The van der Waals surface area contributed by atoms with E-state index in [9.17, 15) is 4.79 Å². The van der Waals surface area contributed by atoms with Crippen LogP contribution >= 0.6 is 0 Å². The molecule has 4 nitrogen and oxygen atoms in total. The van der Waals surface area contributed by atoms with Crippen LogP contribution in [-0.2, 0) is 4.79 Å². The van der Waals surface area contributed by atoms with Gasteiger partial charge >= 0.3 is 0 Å². The zero-order valence-electron chi connectivity index (χ0n) is 7.42. The molecule has 1 unspecified atom stereocenters. The first-order chi connectivity index (χ1) is 5.70. The maximum atomic E-state index is 11.2. The second-order valence-electron chi connectivity index (χ2n) is 3.19. The minimum absolute atomic E-state index is 0.141. The molecule has 4 heteroatoms. The Labute approximate surface area is 72.5 Å². The van der Waals surface area contributed by atoms with Crippen LogP contribution in [0.25, 0.3) is 0 Å². The molecular weight excluding hydrogens is 156 g/mol. The standard InChI is InChI=1S/C8H16N2O2/c1-7(11)4-6-10-8(12)3-2-5-9-10/h7,9,11H,2-6H2,1H3. The molecule has 0 saturated carbocycles. The molecule has 1 rings (SSSR count).